The molecule has 0 radical (unpaired) electrons. The molecule has 1 aromatic heterocycles. The summed E-state index contributed by atoms with van der Waals surface area (Å²) in [6.07, 6.45) is 6.02. The molecule has 0 spiro atoms. The molecule has 0 bridgehead atoms. The summed E-state index contributed by atoms with van der Waals surface area (Å²) in [5, 5.41) is 1.15. The van der Waals surface area contributed by atoms with Gasteiger partial charge in [-0.15, -0.1) is 11.3 Å². The van der Waals surface area contributed by atoms with Crippen molar-refractivity contribution in [3.8, 4) is 0 Å². The van der Waals surface area contributed by atoms with E-state index in [0.29, 0.717) is 0 Å². The van der Waals surface area contributed by atoms with Gasteiger partial charge in [0.2, 0.25) is 0 Å². The normalized spacial score (nSPS) is 18.3. The summed E-state index contributed by atoms with van der Waals surface area (Å²) in [5.41, 5.74) is 7.28. The minimum atomic E-state index is 0.163. The molecule has 1 heterocycles. The number of rotatable bonds is 2. The third-order valence-corrected chi connectivity index (χ3v) is 3.91. The molecule has 1 atom stereocenters. The second kappa shape index (κ2) is 3.76. The lowest BCUT2D eigenvalue weighted by Crippen LogP contribution is -2.08. The maximum absolute atomic E-state index is 5.95. The standard InChI is InChI=1S/C10H16N2S/c1-2-7(11)10-12-8-5-3-4-6-9(8)13-10/h7H,2-6,11H2,1H3. The van der Waals surface area contributed by atoms with Crippen LogP contribution >= 0.6 is 11.3 Å². The van der Waals surface area contributed by atoms with Crippen molar-refractivity contribution >= 4 is 11.3 Å². The fraction of sp³-hybridized carbons (Fsp3) is 0.700. The molecule has 72 valence electrons. The first-order valence-electron chi connectivity index (χ1n) is 5.05. The van der Waals surface area contributed by atoms with Crippen LogP contribution in [0.4, 0.5) is 0 Å². The molecule has 2 N–H and O–H groups in total. The molecule has 0 amide bonds. The lowest BCUT2D eigenvalue weighted by atomic mass is 10.0. The zero-order valence-corrected chi connectivity index (χ0v) is 8.86. The second-order valence-corrected chi connectivity index (χ2v) is 4.76. The summed E-state index contributed by atoms with van der Waals surface area (Å²) in [5.74, 6) is 0. The van der Waals surface area contributed by atoms with Crippen LogP contribution in [0, 0.1) is 0 Å². The van der Waals surface area contributed by atoms with Gasteiger partial charge in [0.25, 0.3) is 0 Å². The molecule has 0 fully saturated rings. The Kier molecular flexibility index (Phi) is 2.65. The zero-order valence-electron chi connectivity index (χ0n) is 8.05. The fourth-order valence-electron chi connectivity index (χ4n) is 1.71. The smallest absolute Gasteiger partial charge is 0.110 e. The quantitative estimate of drug-likeness (QED) is 0.789. The van der Waals surface area contributed by atoms with Crippen LogP contribution in [0.15, 0.2) is 0 Å². The van der Waals surface area contributed by atoms with E-state index in [1.807, 2.05) is 11.3 Å². The van der Waals surface area contributed by atoms with Gasteiger partial charge in [0.15, 0.2) is 0 Å². The van der Waals surface area contributed by atoms with Crippen LogP contribution in [0.5, 0.6) is 0 Å². The van der Waals surface area contributed by atoms with Crippen LogP contribution in [-0.4, -0.2) is 4.98 Å². The Bertz CT molecular complexity index is 270. The molecule has 13 heavy (non-hydrogen) atoms. The summed E-state index contributed by atoms with van der Waals surface area (Å²) in [6, 6.07) is 0.163. The van der Waals surface area contributed by atoms with Gasteiger partial charge < -0.3 is 5.73 Å². The van der Waals surface area contributed by atoms with E-state index in [4.69, 9.17) is 5.73 Å². The van der Waals surface area contributed by atoms with E-state index < -0.39 is 0 Å². The first kappa shape index (κ1) is 9.16. The molecule has 2 rings (SSSR count). The first-order chi connectivity index (χ1) is 6.31. The maximum Gasteiger partial charge on any atom is 0.110 e. The summed E-state index contributed by atoms with van der Waals surface area (Å²) in [6.45, 7) is 2.12. The van der Waals surface area contributed by atoms with E-state index >= 15 is 0 Å². The maximum atomic E-state index is 5.95. The molecular weight excluding hydrogens is 180 g/mol. The predicted octanol–water partition coefficient (Wildman–Crippen LogP) is 2.43. The summed E-state index contributed by atoms with van der Waals surface area (Å²) >= 11 is 1.83. The van der Waals surface area contributed by atoms with Crippen molar-refractivity contribution in [3.05, 3.63) is 15.6 Å². The molecule has 1 unspecified atom stereocenters. The van der Waals surface area contributed by atoms with Crippen LogP contribution in [0.3, 0.4) is 0 Å². The molecule has 1 aliphatic carbocycles. The largest absolute Gasteiger partial charge is 0.322 e. The van der Waals surface area contributed by atoms with E-state index in [-0.39, 0.29) is 6.04 Å². The minimum Gasteiger partial charge on any atom is -0.322 e. The van der Waals surface area contributed by atoms with E-state index in [2.05, 4.69) is 11.9 Å². The molecule has 0 saturated carbocycles. The number of aryl methyl sites for hydroxylation is 2. The van der Waals surface area contributed by atoms with Crippen molar-refractivity contribution in [1.82, 2.24) is 4.98 Å². The van der Waals surface area contributed by atoms with Crippen LogP contribution in [0.25, 0.3) is 0 Å². The topological polar surface area (TPSA) is 38.9 Å². The summed E-state index contributed by atoms with van der Waals surface area (Å²) in [4.78, 5) is 6.11. The Balaban J connectivity index is 2.25. The fourth-order valence-corrected chi connectivity index (χ4v) is 2.94. The van der Waals surface area contributed by atoms with Crippen LogP contribution in [0.2, 0.25) is 0 Å². The van der Waals surface area contributed by atoms with Crippen LogP contribution in [-0.2, 0) is 12.8 Å². The number of fused-ring (bicyclic) bond motifs is 1. The van der Waals surface area contributed by atoms with Gasteiger partial charge in [-0.25, -0.2) is 4.98 Å². The molecule has 0 saturated heterocycles. The molecule has 1 aromatic rings. The minimum absolute atomic E-state index is 0.163. The Hall–Kier alpha value is -0.410. The molecule has 1 aliphatic rings. The highest BCUT2D eigenvalue weighted by molar-refractivity contribution is 7.11. The highest BCUT2D eigenvalue weighted by atomic mass is 32.1. The van der Waals surface area contributed by atoms with Crippen molar-refractivity contribution in [2.45, 2.75) is 45.1 Å². The highest BCUT2D eigenvalue weighted by Gasteiger charge is 2.17. The van der Waals surface area contributed by atoms with Gasteiger partial charge in [-0.2, -0.15) is 0 Å². The Morgan fingerprint density at radius 1 is 1.46 bits per heavy atom. The van der Waals surface area contributed by atoms with Gasteiger partial charge in [-0.3, -0.25) is 0 Å². The first-order valence-corrected chi connectivity index (χ1v) is 5.87. The lowest BCUT2D eigenvalue weighted by molar-refractivity contribution is 0.663. The van der Waals surface area contributed by atoms with Crippen LogP contribution < -0.4 is 5.73 Å². The monoisotopic (exact) mass is 196 g/mol. The average molecular weight is 196 g/mol. The van der Waals surface area contributed by atoms with Crippen molar-refractivity contribution in [1.29, 1.82) is 0 Å². The average Bonchev–Trinajstić information content (AvgIpc) is 2.59. The van der Waals surface area contributed by atoms with Crippen molar-refractivity contribution in [3.63, 3.8) is 0 Å². The van der Waals surface area contributed by atoms with Crippen molar-refractivity contribution in [2.24, 2.45) is 5.73 Å². The van der Waals surface area contributed by atoms with E-state index in [0.717, 1.165) is 11.4 Å². The van der Waals surface area contributed by atoms with Crippen LogP contribution in [0.1, 0.15) is 47.8 Å². The van der Waals surface area contributed by atoms with Gasteiger partial charge in [0.05, 0.1) is 11.7 Å². The number of hydrogen-bond donors (Lipinski definition) is 1. The van der Waals surface area contributed by atoms with E-state index in [9.17, 15) is 0 Å². The van der Waals surface area contributed by atoms with Gasteiger partial charge in [0, 0.05) is 4.88 Å². The summed E-state index contributed by atoms with van der Waals surface area (Å²) < 4.78 is 0. The number of aromatic nitrogens is 1. The third-order valence-electron chi connectivity index (χ3n) is 2.62. The van der Waals surface area contributed by atoms with Gasteiger partial charge in [-0.05, 0) is 32.1 Å². The highest BCUT2D eigenvalue weighted by Crippen LogP contribution is 2.29. The number of nitrogens with two attached hydrogens (primary N) is 1. The lowest BCUT2D eigenvalue weighted by Gasteiger charge is -2.06. The van der Waals surface area contributed by atoms with Gasteiger partial charge in [0.1, 0.15) is 5.01 Å². The molecule has 3 heteroatoms. The van der Waals surface area contributed by atoms with Crippen molar-refractivity contribution < 1.29 is 0 Å². The number of thiazole rings is 1. The zero-order chi connectivity index (χ0) is 9.26. The van der Waals surface area contributed by atoms with Crippen molar-refractivity contribution in [2.75, 3.05) is 0 Å². The van der Waals surface area contributed by atoms with Gasteiger partial charge >= 0.3 is 0 Å². The Morgan fingerprint density at radius 2 is 2.23 bits per heavy atom. The third kappa shape index (κ3) is 1.76. The Morgan fingerprint density at radius 3 is 2.92 bits per heavy atom. The predicted molar refractivity (Wildman–Crippen MR) is 56.0 cm³/mol. The number of hydrogen-bond acceptors (Lipinski definition) is 3. The molecular formula is C10H16N2S. The molecule has 2 nitrogen and oxygen atoms in total. The Labute approximate surface area is 83.2 Å². The second-order valence-electron chi connectivity index (χ2n) is 3.64. The van der Waals surface area contributed by atoms with Gasteiger partial charge in [-0.1, -0.05) is 6.92 Å². The molecule has 0 aromatic carbocycles. The SMILES string of the molecule is CCC(N)c1nc2c(s1)CCCC2. The van der Waals surface area contributed by atoms with E-state index in [1.54, 1.807) is 0 Å². The number of nitrogens with zero attached hydrogens (tertiary/aromatic N) is 1. The van der Waals surface area contributed by atoms with E-state index in [1.165, 1.54) is 36.3 Å². The summed E-state index contributed by atoms with van der Waals surface area (Å²) in [7, 11) is 0. The molecule has 0 aliphatic heterocycles.